The van der Waals surface area contributed by atoms with E-state index in [1.54, 1.807) is 11.0 Å². The molecular weight excluding hydrogens is 314 g/mol. The molecular formula is C17H22ClN3O2. The lowest BCUT2D eigenvalue weighted by atomic mass is 10.0. The molecule has 3 N–H and O–H groups in total. The molecule has 6 heteroatoms. The Morgan fingerprint density at radius 2 is 2.04 bits per heavy atom. The number of anilines is 1. The fourth-order valence-corrected chi connectivity index (χ4v) is 3.70. The summed E-state index contributed by atoms with van der Waals surface area (Å²) in [6.07, 6.45) is 3.90. The van der Waals surface area contributed by atoms with Crippen molar-refractivity contribution in [3.05, 3.63) is 29.3 Å². The number of halogens is 1. The molecule has 3 unspecified atom stereocenters. The van der Waals surface area contributed by atoms with Gasteiger partial charge in [-0.05, 0) is 44.2 Å². The van der Waals surface area contributed by atoms with E-state index in [-0.39, 0.29) is 23.8 Å². The van der Waals surface area contributed by atoms with E-state index in [1.807, 2.05) is 18.2 Å². The van der Waals surface area contributed by atoms with Gasteiger partial charge < -0.3 is 16.0 Å². The van der Waals surface area contributed by atoms with Crippen molar-refractivity contribution in [2.45, 2.75) is 44.2 Å². The molecule has 1 aromatic carbocycles. The van der Waals surface area contributed by atoms with E-state index in [0.717, 1.165) is 19.3 Å². The van der Waals surface area contributed by atoms with Crippen LogP contribution < -0.4 is 16.0 Å². The van der Waals surface area contributed by atoms with Crippen LogP contribution in [0.2, 0.25) is 5.02 Å². The van der Waals surface area contributed by atoms with E-state index < -0.39 is 6.04 Å². The Kier molecular flexibility index (Phi) is 4.87. The maximum atomic E-state index is 12.7. The average Bonchev–Trinajstić information content (AvgIpc) is 2.97. The van der Waals surface area contributed by atoms with Gasteiger partial charge in [-0.3, -0.25) is 9.59 Å². The van der Waals surface area contributed by atoms with Crippen LogP contribution in [-0.2, 0) is 9.59 Å². The molecule has 1 saturated carbocycles. The second-order valence-corrected chi connectivity index (χ2v) is 6.82. The molecule has 0 spiro atoms. The molecule has 1 aliphatic heterocycles. The van der Waals surface area contributed by atoms with Crippen LogP contribution in [0.15, 0.2) is 24.3 Å². The Bertz CT molecular complexity index is 607. The van der Waals surface area contributed by atoms with Crippen molar-refractivity contribution in [1.29, 1.82) is 0 Å². The van der Waals surface area contributed by atoms with E-state index in [0.29, 0.717) is 30.1 Å². The van der Waals surface area contributed by atoms with Gasteiger partial charge in [-0.25, -0.2) is 0 Å². The molecule has 2 fully saturated rings. The Hall–Kier alpha value is -1.59. The minimum absolute atomic E-state index is 0.0442. The van der Waals surface area contributed by atoms with Crippen molar-refractivity contribution in [1.82, 2.24) is 5.32 Å². The number of piperidine rings is 1. The molecule has 1 saturated heterocycles. The Morgan fingerprint density at radius 3 is 2.74 bits per heavy atom. The molecule has 3 atom stereocenters. The first-order valence-corrected chi connectivity index (χ1v) is 8.56. The summed E-state index contributed by atoms with van der Waals surface area (Å²) in [6, 6.07) is 6.93. The van der Waals surface area contributed by atoms with Crippen LogP contribution >= 0.6 is 11.6 Å². The zero-order valence-corrected chi connectivity index (χ0v) is 13.8. The molecule has 124 valence electrons. The van der Waals surface area contributed by atoms with Crippen LogP contribution in [0.1, 0.15) is 32.1 Å². The van der Waals surface area contributed by atoms with E-state index in [1.165, 1.54) is 0 Å². The number of benzene rings is 1. The van der Waals surface area contributed by atoms with Crippen molar-refractivity contribution in [2.75, 3.05) is 11.4 Å². The normalized spacial score (nSPS) is 28.0. The summed E-state index contributed by atoms with van der Waals surface area (Å²) in [5.74, 6) is -0.189. The third-order valence-electron chi connectivity index (χ3n) is 4.74. The Balaban J connectivity index is 1.68. The SMILES string of the molecule is NC1CCC(C(=O)NC2CCCN(c3ccccc3Cl)C2=O)C1. The summed E-state index contributed by atoms with van der Waals surface area (Å²) < 4.78 is 0. The largest absolute Gasteiger partial charge is 0.344 e. The van der Waals surface area contributed by atoms with Crippen LogP contribution in [0.5, 0.6) is 0 Å². The minimum atomic E-state index is -0.468. The highest BCUT2D eigenvalue weighted by atomic mass is 35.5. The molecule has 1 heterocycles. The molecule has 0 bridgehead atoms. The smallest absolute Gasteiger partial charge is 0.249 e. The quantitative estimate of drug-likeness (QED) is 0.888. The van der Waals surface area contributed by atoms with Crippen molar-refractivity contribution < 1.29 is 9.59 Å². The number of hydrogen-bond acceptors (Lipinski definition) is 3. The zero-order valence-electron chi connectivity index (χ0n) is 13.0. The first-order valence-electron chi connectivity index (χ1n) is 8.18. The van der Waals surface area contributed by atoms with Gasteiger partial charge in [-0.2, -0.15) is 0 Å². The van der Waals surface area contributed by atoms with E-state index >= 15 is 0 Å². The minimum Gasteiger partial charge on any atom is -0.344 e. The highest BCUT2D eigenvalue weighted by molar-refractivity contribution is 6.33. The predicted molar refractivity (Wildman–Crippen MR) is 90.3 cm³/mol. The number of hydrogen-bond donors (Lipinski definition) is 2. The number of nitrogens with two attached hydrogens (primary N) is 1. The molecule has 2 amide bonds. The van der Waals surface area contributed by atoms with Crippen LogP contribution in [0.3, 0.4) is 0 Å². The Labute approximate surface area is 141 Å². The van der Waals surface area contributed by atoms with Gasteiger partial charge in [-0.1, -0.05) is 23.7 Å². The summed E-state index contributed by atoms with van der Waals surface area (Å²) in [7, 11) is 0. The maximum absolute atomic E-state index is 12.7. The number of nitrogens with zero attached hydrogens (tertiary/aromatic N) is 1. The fourth-order valence-electron chi connectivity index (χ4n) is 3.46. The molecule has 0 aromatic heterocycles. The van der Waals surface area contributed by atoms with E-state index in [9.17, 15) is 9.59 Å². The van der Waals surface area contributed by atoms with Crippen LogP contribution in [0.25, 0.3) is 0 Å². The van der Waals surface area contributed by atoms with Gasteiger partial charge in [0.2, 0.25) is 11.8 Å². The third-order valence-corrected chi connectivity index (χ3v) is 5.06. The summed E-state index contributed by atoms with van der Waals surface area (Å²) in [4.78, 5) is 26.7. The first kappa shape index (κ1) is 16.3. The lowest BCUT2D eigenvalue weighted by molar-refractivity contribution is -0.130. The molecule has 0 radical (unpaired) electrons. The van der Waals surface area contributed by atoms with Gasteiger partial charge in [0.25, 0.3) is 0 Å². The van der Waals surface area contributed by atoms with Crippen LogP contribution in [0, 0.1) is 5.92 Å². The lowest BCUT2D eigenvalue weighted by Gasteiger charge is -2.33. The third kappa shape index (κ3) is 3.51. The standard InChI is InChI=1S/C17H22ClN3O2/c18-13-4-1-2-6-15(13)21-9-3-5-14(17(21)23)20-16(22)11-7-8-12(19)10-11/h1-2,4,6,11-12,14H,3,5,7-10,19H2,(H,20,22). The van der Waals surface area contributed by atoms with Gasteiger partial charge in [0.05, 0.1) is 10.7 Å². The van der Waals surface area contributed by atoms with E-state index in [2.05, 4.69) is 5.32 Å². The molecule has 3 rings (SSSR count). The zero-order chi connectivity index (χ0) is 16.4. The number of carbonyl (C=O) groups excluding carboxylic acids is 2. The average molecular weight is 336 g/mol. The highest BCUT2D eigenvalue weighted by Gasteiger charge is 2.34. The van der Waals surface area contributed by atoms with Crippen LogP contribution in [0.4, 0.5) is 5.69 Å². The molecule has 2 aliphatic rings. The summed E-state index contributed by atoms with van der Waals surface area (Å²) in [5, 5.41) is 3.47. The fraction of sp³-hybridized carbons (Fsp3) is 0.529. The number of amides is 2. The monoisotopic (exact) mass is 335 g/mol. The number of nitrogens with one attached hydrogen (secondary N) is 1. The summed E-state index contributed by atoms with van der Waals surface area (Å²) in [6.45, 7) is 0.628. The van der Waals surface area contributed by atoms with Gasteiger partial charge in [-0.15, -0.1) is 0 Å². The maximum Gasteiger partial charge on any atom is 0.249 e. The van der Waals surface area contributed by atoms with E-state index in [4.69, 9.17) is 17.3 Å². The van der Waals surface area contributed by atoms with Gasteiger partial charge in [0.15, 0.2) is 0 Å². The molecule has 1 aliphatic carbocycles. The summed E-state index contributed by atoms with van der Waals surface area (Å²) in [5.41, 5.74) is 6.58. The number of rotatable bonds is 3. The van der Waals surface area contributed by atoms with Crippen LogP contribution in [-0.4, -0.2) is 30.4 Å². The van der Waals surface area contributed by atoms with Gasteiger partial charge >= 0.3 is 0 Å². The number of carbonyl (C=O) groups is 2. The second-order valence-electron chi connectivity index (χ2n) is 6.41. The highest BCUT2D eigenvalue weighted by Crippen LogP contribution is 2.29. The predicted octanol–water partition coefficient (Wildman–Crippen LogP) is 2.08. The molecule has 5 nitrogen and oxygen atoms in total. The van der Waals surface area contributed by atoms with Gasteiger partial charge in [0.1, 0.15) is 6.04 Å². The van der Waals surface area contributed by atoms with Crippen molar-refractivity contribution in [3.8, 4) is 0 Å². The number of para-hydroxylation sites is 1. The van der Waals surface area contributed by atoms with Crippen molar-refractivity contribution >= 4 is 29.1 Å². The topological polar surface area (TPSA) is 75.4 Å². The summed E-state index contributed by atoms with van der Waals surface area (Å²) >= 11 is 6.20. The van der Waals surface area contributed by atoms with Crippen molar-refractivity contribution in [3.63, 3.8) is 0 Å². The lowest BCUT2D eigenvalue weighted by Crippen LogP contribution is -2.53. The Morgan fingerprint density at radius 1 is 1.26 bits per heavy atom. The molecule has 1 aromatic rings. The van der Waals surface area contributed by atoms with Crippen molar-refractivity contribution in [2.24, 2.45) is 11.7 Å². The van der Waals surface area contributed by atoms with Gasteiger partial charge in [0, 0.05) is 18.5 Å². The second kappa shape index (κ2) is 6.89. The molecule has 23 heavy (non-hydrogen) atoms. The first-order chi connectivity index (χ1) is 11.1.